The van der Waals surface area contributed by atoms with Crippen LogP contribution in [-0.2, 0) is 6.18 Å². The summed E-state index contributed by atoms with van der Waals surface area (Å²) in [7, 11) is 0. The molecule has 3 rings (SSSR count). The van der Waals surface area contributed by atoms with Crippen LogP contribution in [0, 0.1) is 10.1 Å². The third-order valence-electron chi connectivity index (χ3n) is 3.44. The lowest BCUT2D eigenvalue weighted by Gasteiger charge is -2.14. The lowest BCUT2D eigenvalue weighted by Crippen LogP contribution is -2.12. The maximum absolute atomic E-state index is 13.3. The Balaban J connectivity index is 1.96. The molecule has 0 saturated carbocycles. The minimum Gasteiger partial charge on any atom is -0.339 e. The van der Waals surface area contributed by atoms with E-state index in [1.807, 2.05) is 0 Å². The fraction of sp³-hybridized carbons (Fsp3) is 0.0588. The van der Waals surface area contributed by atoms with Gasteiger partial charge in [-0.2, -0.15) is 18.2 Å². The van der Waals surface area contributed by atoms with Crippen molar-refractivity contribution < 1.29 is 18.1 Å². The minimum absolute atomic E-state index is 0.0536. The number of rotatable bonds is 5. The first-order valence-electron chi connectivity index (χ1n) is 7.61. The summed E-state index contributed by atoms with van der Waals surface area (Å²) in [5.74, 6) is -0.571. The standard InChI is InChI=1S/C17H12F3N5O2/c18-17(19,20)14-10-21-16(23-11-5-2-1-3-6-11)24-15(14)22-12-7-4-8-13(9-12)25(26)27/h1-10H,(H2,21,22,23,24). The molecule has 2 N–H and O–H groups in total. The summed E-state index contributed by atoms with van der Waals surface area (Å²) in [5.41, 5.74) is -0.657. The predicted molar refractivity (Wildman–Crippen MR) is 93.1 cm³/mol. The lowest BCUT2D eigenvalue weighted by molar-refractivity contribution is -0.384. The van der Waals surface area contributed by atoms with Gasteiger partial charge in [0, 0.05) is 29.7 Å². The molecule has 0 aliphatic carbocycles. The number of non-ortho nitro benzene ring substituents is 1. The summed E-state index contributed by atoms with van der Waals surface area (Å²) < 4.78 is 39.8. The highest BCUT2D eigenvalue weighted by atomic mass is 19.4. The summed E-state index contributed by atoms with van der Waals surface area (Å²) in [4.78, 5) is 17.8. The largest absolute Gasteiger partial charge is 0.421 e. The highest BCUT2D eigenvalue weighted by molar-refractivity contribution is 5.64. The maximum Gasteiger partial charge on any atom is 0.421 e. The van der Waals surface area contributed by atoms with Crippen molar-refractivity contribution in [1.82, 2.24) is 9.97 Å². The second kappa shape index (κ2) is 7.28. The molecule has 0 amide bonds. The molecule has 0 radical (unpaired) electrons. The molecule has 7 nitrogen and oxygen atoms in total. The Morgan fingerprint density at radius 2 is 1.67 bits per heavy atom. The number of hydrogen-bond acceptors (Lipinski definition) is 6. The molecule has 0 spiro atoms. The number of halogens is 3. The fourth-order valence-electron chi connectivity index (χ4n) is 2.23. The van der Waals surface area contributed by atoms with E-state index < -0.39 is 22.5 Å². The van der Waals surface area contributed by atoms with Crippen LogP contribution >= 0.6 is 0 Å². The fourth-order valence-corrected chi connectivity index (χ4v) is 2.23. The van der Waals surface area contributed by atoms with E-state index in [0.717, 1.165) is 6.07 Å². The van der Waals surface area contributed by atoms with Gasteiger partial charge in [0.05, 0.1) is 4.92 Å². The molecular weight excluding hydrogens is 363 g/mol. The average Bonchev–Trinajstić information content (AvgIpc) is 2.62. The van der Waals surface area contributed by atoms with E-state index in [9.17, 15) is 23.3 Å². The number of anilines is 4. The van der Waals surface area contributed by atoms with Gasteiger partial charge in [-0.1, -0.05) is 24.3 Å². The van der Waals surface area contributed by atoms with E-state index in [4.69, 9.17) is 0 Å². The number of aromatic nitrogens is 2. The lowest BCUT2D eigenvalue weighted by atomic mass is 10.2. The Morgan fingerprint density at radius 3 is 2.33 bits per heavy atom. The van der Waals surface area contributed by atoms with Gasteiger partial charge in [-0.15, -0.1) is 0 Å². The van der Waals surface area contributed by atoms with E-state index in [1.54, 1.807) is 30.3 Å². The first-order valence-corrected chi connectivity index (χ1v) is 7.61. The van der Waals surface area contributed by atoms with Crippen LogP contribution in [-0.4, -0.2) is 14.9 Å². The summed E-state index contributed by atoms with van der Waals surface area (Å²) in [6, 6.07) is 13.8. The highest BCUT2D eigenvalue weighted by Crippen LogP contribution is 2.35. The van der Waals surface area contributed by atoms with Gasteiger partial charge in [-0.05, 0) is 18.2 Å². The van der Waals surface area contributed by atoms with Gasteiger partial charge in [0.15, 0.2) is 0 Å². The number of nitro benzene ring substituents is 1. The molecule has 0 unspecified atom stereocenters. The number of alkyl halides is 3. The molecule has 3 aromatic rings. The predicted octanol–water partition coefficient (Wildman–Crippen LogP) is 4.89. The second-order valence-corrected chi connectivity index (χ2v) is 5.38. The zero-order chi connectivity index (χ0) is 19.4. The molecule has 0 aliphatic heterocycles. The van der Waals surface area contributed by atoms with Crippen LogP contribution in [0.3, 0.4) is 0 Å². The number of nitrogens with one attached hydrogen (secondary N) is 2. The van der Waals surface area contributed by atoms with Crippen molar-refractivity contribution >= 4 is 28.8 Å². The molecule has 0 saturated heterocycles. The van der Waals surface area contributed by atoms with E-state index in [-0.39, 0.29) is 17.3 Å². The van der Waals surface area contributed by atoms with Crippen molar-refractivity contribution in [3.8, 4) is 0 Å². The van der Waals surface area contributed by atoms with Gasteiger partial charge >= 0.3 is 6.18 Å². The summed E-state index contributed by atoms with van der Waals surface area (Å²) in [5, 5.41) is 16.1. The quantitative estimate of drug-likeness (QED) is 0.487. The summed E-state index contributed by atoms with van der Waals surface area (Å²) in [6.07, 6.45) is -4.05. The third-order valence-corrected chi connectivity index (χ3v) is 3.44. The zero-order valence-electron chi connectivity index (χ0n) is 13.6. The first kappa shape index (κ1) is 18.1. The Morgan fingerprint density at radius 1 is 0.963 bits per heavy atom. The normalized spacial score (nSPS) is 11.1. The van der Waals surface area contributed by atoms with Crippen molar-refractivity contribution in [2.75, 3.05) is 10.6 Å². The number of benzene rings is 2. The Labute approximate surface area is 151 Å². The van der Waals surface area contributed by atoms with Crippen molar-refractivity contribution in [3.05, 3.63) is 76.5 Å². The number of nitro groups is 1. The van der Waals surface area contributed by atoms with E-state index in [1.165, 1.54) is 18.2 Å². The molecule has 1 heterocycles. The zero-order valence-corrected chi connectivity index (χ0v) is 13.6. The van der Waals surface area contributed by atoms with Crippen molar-refractivity contribution in [1.29, 1.82) is 0 Å². The molecule has 0 aliphatic rings. The summed E-state index contributed by atoms with van der Waals surface area (Å²) >= 11 is 0. The molecule has 1 aromatic heterocycles. The van der Waals surface area contributed by atoms with Gasteiger partial charge in [-0.3, -0.25) is 10.1 Å². The van der Waals surface area contributed by atoms with Gasteiger partial charge in [0.1, 0.15) is 11.4 Å². The Bertz CT molecular complexity index is 964. The number of para-hydroxylation sites is 1. The van der Waals surface area contributed by atoms with Crippen LogP contribution in [0.15, 0.2) is 60.8 Å². The molecular formula is C17H12F3N5O2. The van der Waals surface area contributed by atoms with Gasteiger partial charge in [-0.25, -0.2) is 4.98 Å². The number of hydrogen-bond donors (Lipinski definition) is 2. The Hall–Kier alpha value is -3.69. The monoisotopic (exact) mass is 375 g/mol. The van der Waals surface area contributed by atoms with Gasteiger partial charge in [0.25, 0.3) is 5.69 Å². The van der Waals surface area contributed by atoms with E-state index in [0.29, 0.717) is 11.9 Å². The van der Waals surface area contributed by atoms with Crippen LogP contribution in [0.5, 0.6) is 0 Å². The first-order chi connectivity index (χ1) is 12.8. The van der Waals surface area contributed by atoms with Crippen LogP contribution in [0.2, 0.25) is 0 Å². The molecule has 27 heavy (non-hydrogen) atoms. The van der Waals surface area contributed by atoms with Crippen molar-refractivity contribution in [2.24, 2.45) is 0 Å². The van der Waals surface area contributed by atoms with E-state index in [2.05, 4.69) is 20.6 Å². The van der Waals surface area contributed by atoms with Crippen molar-refractivity contribution in [2.45, 2.75) is 6.18 Å². The van der Waals surface area contributed by atoms with Crippen molar-refractivity contribution in [3.63, 3.8) is 0 Å². The molecule has 0 atom stereocenters. The average molecular weight is 375 g/mol. The molecule has 10 heteroatoms. The minimum atomic E-state index is -4.70. The van der Waals surface area contributed by atoms with Crippen LogP contribution in [0.1, 0.15) is 5.56 Å². The molecule has 2 aromatic carbocycles. The molecule has 0 fully saturated rings. The van der Waals surface area contributed by atoms with Gasteiger partial charge in [0.2, 0.25) is 5.95 Å². The van der Waals surface area contributed by atoms with E-state index >= 15 is 0 Å². The van der Waals surface area contributed by atoms with Gasteiger partial charge < -0.3 is 10.6 Å². The summed E-state index contributed by atoms with van der Waals surface area (Å²) in [6.45, 7) is 0. The van der Waals surface area contributed by atoms with Crippen LogP contribution in [0.4, 0.5) is 42.0 Å². The third kappa shape index (κ3) is 4.48. The smallest absolute Gasteiger partial charge is 0.339 e. The van der Waals surface area contributed by atoms with Crippen LogP contribution < -0.4 is 10.6 Å². The van der Waals surface area contributed by atoms with Crippen LogP contribution in [0.25, 0.3) is 0 Å². The Kier molecular flexibility index (Phi) is 4.88. The molecule has 138 valence electrons. The SMILES string of the molecule is O=[N+]([O-])c1cccc(Nc2nc(Nc3ccccc3)ncc2C(F)(F)F)c1. The highest BCUT2D eigenvalue weighted by Gasteiger charge is 2.35. The number of nitrogens with zero attached hydrogens (tertiary/aromatic N) is 3. The maximum atomic E-state index is 13.3. The second-order valence-electron chi connectivity index (χ2n) is 5.38. The topological polar surface area (TPSA) is 93.0 Å². The molecule has 0 bridgehead atoms.